The summed E-state index contributed by atoms with van der Waals surface area (Å²) in [5, 5.41) is 1.89. The normalized spacial score (nSPS) is 24.3. The Labute approximate surface area is 191 Å². The van der Waals surface area contributed by atoms with Gasteiger partial charge in [0.1, 0.15) is 5.82 Å². The van der Waals surface area contributed by atoms with Crippen molar-refractivity contribution in [3.8, 4) is 0 Å². The van der Waals surface area contributed by atoms with Crippen molar-refractivity contribution in [3.05, 3.63) is 126 Å². The number of halogens is 1. The summed E-state index contributed by atoms with van der Waals surface area (Å²) in [6.45, 7) is 0.676. The van der Waals surface area contributed by atoms with Gasteiger partial charge in [0.25, 0.3) is 0 Å². The summed E-state index contributed by atoms with van der Waals surface area (Å²) in [4.78, 5) is 20.8. The summed E-state index contributed by atoms with van der Waals surface area (Å²) < 4.78 is 15.9. The number of hydrogen-bond donors (Lipinski definition) is 0. The summed E-state index contributed by atoms with van der Waals surface area (Å²) in [5.41, 5.74) is 2.36. The average molecular weight is 439 g/mol. The van der Waals surface area contributed by atoms with Gasteiger partial charge in [0.05, 0.1) is 23.3 Å². The van der Waals surface area contributed by atoms with Gasteiger partial charge in [-0.3, -0.25) is 9.63 Å². The first-order valence-electron chi connectivity index (χ1n) is 11.2. The molecule has 6 rings (SSSR count). The quantitative estimate of drug-likeness (QED) is 0.398. The van der Waals surface area contributed by atoms with Crippen LogP contribution in [-0.2, 0) is 11.4 Å². The minimum atomic E-state index is -1.09. The molecule has 164 valence electrons. The number of hydrogen-bond acceptors (Lipinski definition) is 3. The lowest BCUT2D eigenvalue weighted by Crippen LogP contribution is -2.48. The smallest absolute Gasteiger partial charge is 0.214 e. The van der Waals surface area contributed by atoms with E-state index in [1.54, 1.807) is 12.1 Å². The van der Waals surface area contributed by atoms with Gasteiger partial charge in [0, 0.05) is 19.2 Å². The Morgan fingerprint density at radius 1 is 0.818 bits per heavy atom. The number of hydroxylamine groups is 1. The Kier molecular flexibility index (Phi) is 4.66. The van der Waals surface area contributed by atoms with E-state index in [4.69, 9.17) is 4.84 Å². The molecule has 0 N–H and O–H groups in total. The van der Waals surface area contributed by atoms with Crippen molar-refractivity contribution < 1.29 is 14.0 Å². The first-order valence-corrected chi connectivity index (χ1v) is 11.2. The van der Waals surface area contributed by atoms with E-state index in [9.17, 15) is 9.18 Å². The molecule has 3 unspecified atom stereocenters. The predicted molar refractivity (Wildman–Crippen MR) is 124 cm³/mol. The number of carbonyl (C=O) groups is 1. The summed E-state index contributed by atoms with van der Waals surface area (Å²) in [6.07, 6.45) is 2.47. The monoisotopic (exact) mass is 438 g/mol. The number of para-hydroxylation sites is 1. The second kappa shape index (κ2) is 7.71. The van der Waals surface area contributed by atoms with Crippen LogP contribution in [0.25, 0.3) is 0 Å². The molecule has 0 bridgehead atoms. The van der Waals surface area contributed by atoms with Crippen molar-refractivity contribution in [1.29, 1.82) is 0 Å². The van der Waals surface area contributed by atoms with E-state index in [1.165, 1.54) is 12.1 Å². The van der Waals surface area contributed by atoms with E-state index in [-0.39, 0.29) is 23.6 Å². The Bertz CT molecular complexity index is 1290. The molecule has 2 aliphatic heterocycles. The summed E-state index contributed by atoms with van der Waals surface area (Å²) in [7, 11) is 0. The molecule has 1 aromatic heterocycles. The van der Waals surface area contributed by atoms with Gasteiger partial charge in [-0.15, -0.1) is 0 Å². The fraction of sp³-hybridized carbons (Fsp3) is 0.179. The minimum Gasteiger partial charge on any atom is -0.345 e. The predicted octanol–water partition coefficient (Wildman–Crippen LogP) is 5.93. The molecule has 0 aliphatic carbocycles. The highest BCUT2D eigenvalue weighted by molar-refractivity contribution is 6.03. The topological polar surface area (TPSA) is 34.5 Å². The number of anilines is 1. The van der Waals surface area contributed by atoms with Crippen LogP contribution in [0.1, 0.15) is 40.0 Å². The Morgan fingerprint density at radius 2 is 1.52 bits per heavy atom. The lowest BCUT2D eigenvalue weighted by Gasteiger charge is -2.36. The van der Waals surface area contributed by atoms with Crippen LogP contribution in [0.2, 0.25) is 0 Å². The van der Waals surface area contributed by atoms with Gasteiger partial charge in [-0.05, 0) is 47.5 Å². The minimum absolute atomic E-state index is 0.0348. The molecule has 0 radical (unpaired) electrons. The third-order valence-electron chi connectivity index (χ3n) is 6.88. The molecule has 2 aliphatic rings. The number of benzene rings is 3. The second-order valence-corrected chi connectivity index (χ2v) is 8.69. The SMILES string of the molecule is O=C1c2cccn2CCC12ON(c1ccccc1)C(c1ccccc1)C2c1ccc(F)cc1. The van der Waals surface area contributed by atoms with Crippen LogP contribution in [0.4, 0.5) is 10.1 Å². The van der Waals surface area contributed by atoms with E-state index in [0.29, 0.717) is 18.7 Å². The lowest BCUT2D eigenvalue weighted by molar-refractivity contribution is -0.0195. The highest BCUT2D eigenvalue weighted by atomic mass is 19.1. The van der Waals surface area contributed by atoms with E-state index in [0.717, 1.165) is 16.8 Å². The fourth-order valence-electron chi connectivity index (χ4n) is 5.38. The fourth-order valence-corrected chi connectivity index (χ4v) is 5.38. The van der Waals surface area contributed by atoms with Crippen LogP contribution >= 0.6 is 0 Å². The molecular formula is C28H23FN2O2. The molecule has 33 heavy (non-hydrogen) atoms. The maximum atomic E-state index is 14.1. The van der Waals surface area contributed by atoms with Crippen molar-refractivity contribution >= 4 is 11.5 Å². The van der Waals surface area contributed by atoms with Crippen LogP contribution in [0.15, 0.2) is 103 Å². The molecule has 4 aromatic rings. The van der Waals surface area contributed by atoms with Crippen LogP contribution in [0, 0.1) is 5.82 Å². The molecule has 0 saturated carbocycles. The third-order valence-corrected chi connectivity index (χ3v) is 6.88. The average Bonchev–Trinajstić information content (AvgIpc) is 3.47. The number of aryl methyl sites for hydroxylation is 1. The number of carbonyl (C=O) groups excluding carboxylic acids is 1. The van der Waals surface area contributed by atoms with E-state index < -0.39 is 5.60 Å². The van der Waals surface area contributed by atoms with Gasteiger partial charge >= 0.3 is 0 Å². The maximum Gasteiger partial charge on any atom is 0.214 e. The Balaban J connectivity index is 1.59. The van der Waals surface area contributed by atoms with Crippen LogP contribution in [0.3, 0.4) is 0 Å². The van der Waals surface area contributed by atoms with Gasteiger partial charge < -0.3 is 4.57 Å². The molecular weight excluding hydrogens is 415 g/mol. The van der Waals surface area contributed by atoms with Gasteiger partial charge in [-0.1, -0.05) is 60.7 Å². The Hall–Kier alpha value is -3.70. The standard InChI is InChI=1S/C28H23FN2O2/c29-22-15-13-20(14-16-22)25-26(21-8-3-1-4-9-21)31(23-10-5-2-6-11-23)33-28(25)17-19-30-18-7-12-24(30)27(28)32/h1-16,18,25-26H,17,19H2. The number of Topliss-reactive ketones (excluding diaryl/α,β-unsaturated/α-hetero) is 1. The number of fused-ring (bicyclic) bond motifs is 1. The number of ketones is 1. The molecule has 1 saturated heterocycles. The Morgan fingerprint density at radius 3 is 2.24 bits per heavy atom. The zero-order valence-electron chi connectivity index (χ0n) is 18.0. The van der Waals surface area contributed by atoms with Gasteiger partial charge in [0.15, 0.2) is 5.60 Å². The molecule has 5 heteroatoms. The van der Waals surface area contributed by atoms with Crippen molar-refractivity contribution in [3.63, 3.8) is 0 Å². The molecule has 3 aromatic carbocycles. The molecule has 3 heterocycles. The zero-order valence-corrected chi connectivity index (χ0v) is 18.0. The van der Waals surface area contributed by atoms with Crippen LogP contribution in [-0.4, -0.2) is 16.0 Å². The van der Waals surface area contributed by atoms with E-state index in [1.807, 2.05) is 76.5 Å². The van der Waals surface area contributed by atoms with E-state index >= 15 is 0 Å². The van der Waals surface area contributed by atoms with Crippen molar-refractivity contribution in [2.24, 2.45) is 0 Å². The van der Waals surface area contributed by atoms with Crippen LogP contribution in [0.5, 0.6) is 0 Å². The molecule has 3 atom stereocenters. The summed E-state index contributed by atoms with van der Waals surface area (Å²) in [5.74, 6) is -0.656. The molecule has 1 fully saturated rings. The van der Waals surface area contributed by atoms with Crippen molar-refractivity contribution in [2.45, 2.75) is 30.5 Å². The first-order chi connectivity index (χ1) is 16.2. The number of aromatic nitrogens is 1. The third kappa shape index (κ3) is 3.11. The van der Waals surface area contributed by atoms with Crippen molar-refractivity contribution in [1.82, 2.24) is 4.57 Å². The summed E-state index contributed by atoms with van der Waals surface area (Å²) in [6, 6.07) is 30.0. The van der Waals surface area contributed by atoms with Crippen LogP contribution < -0.4 is 5.06 Å². The molecule has 0 amide bonds. The number of rotatable bonds is 3. The second-order valence-electron chi connectivity index (χ2n) is 8.69. The van der Waals surface area contributed by atoms with Crippen molar-refractivity contribution in [2.75, 3.05) is 5.06 Å². The van der Waals surface area contributed by atoms with E-state index in [2.05, 4.69) is 12.1 Å². The van der Waals surface area contributed by atoms with Gasteiger partial charge in [-0.2, -0.15) is 0 Å². The summed E-state index contributed by atoms with van der Waals surface area (Å²) >= 11 is 0. The zero-order chi connectivity index (χ0) is 22.4. The largest absolute Gasteiger partial charge is 0.345 e. The van der Waals surface area contributed by atoms with Gasteiger partial charge in [-0.25, -0.2) is 9.45 Å². The maximum absolute atomic E-state index is 14.1. The first kappa shape index (κ1) is 19.9. The number of nitrogens with zero attached hydrogens (tertiary/aromatic N) is 2. The highest BCUT2D eigenvalue weighted by Gasteiger charge is 2.61. The molecule has 4 nitrogen and oxygen atoms in total. The highest BCUT2D eigenvalue weighted by Crippen LogP contribution is 2.56. The molecule has 1 spiro atoms. The lowest BCUT2D eigenvalue weighted by atomic mass is 9.70. The van der Waals surface area contributed by atoms with Gasteiger partial charge in [0.2, 0.25) is 5.78 Å².